The van der Waals surface area contributed by atoms with Gasteiger partial charge in [0.1, 0.15) is 0 Å². The minimum atomic E-state index is -5.64. The third-order valence-corrected chi connectivity index (χ3v) is 0.494. The van der Waals surface area contributed by atoms with E-state index in [1.165, 1.54) is 0 Å². The van der Waals surface area contributed by atoms with Crippen molar-refractivity contribution >= 4 is 0 Å². The van der Waals surface area contributed by atoms with Crippen LogP contribution in [-0.4, -0.2) is 18.9 Å². The highest BCUT2D eigenvalue weighted by atomic mass is 19.4. The van der Waals surface area contributed by atoms with Gasteiger partial charge in [-0.15, -0.1) is 13.2 Å². The molecule has 0 bridgehead atoms. The number of ether oxygens (including phenoxy) is 1. The molecule has 0 aromatic rings. The lowest BCUT2D eigenvalue weighted by molar-refractivity contribution is -0.403. The highest BCUT2D eigenvalue weighted by Gasteiger charge is 2.48. The molecule has 1 nitrogen and oxygen atoms in total. The van der Waals surface area contributed by atoms with E-state index in [1.54, 1.807) is 0 Å². The Morgan fingerprint density at radius 2 is 1.27 bits per heavy atom. The predicted molar refractivity (Wildman–Crippen MR) is 18.1 cm³/mol. The number of alkyl halides is 7. The summed E-state index contributed by atoms with van der Waals surface area (Å²) in [4.78, 5) is 0. The van der Waals surface area contributed by atoms with Gasteiger partial charge in [0.15, 0.2) is 0 Å². The minimum absolute atomic E-state index is 2.01. The largest absolute Gasteiger partial charge is 0.525 e. The molecule has 0 aliphatic rings. The molecule has 68 valence electrons. The van der Waals surface area contributed by atoms with Gasteiger partial charge in [-0.05, 0) is 0 Å². The van der Waals surface area contributed by atoms with Crippen LogP contribution in [0, 0.1) is 0 Å². The fourth-order valence-electron chi connectivity index (χ4n) is 0.184. The normalized spacial score (nSPS) is 16.6. The van der Waals surface area contributed by atoms with Crippen molar-refractivity contribution in [1.29, 1.82) is 0 Å². The summed E-state index contributed by atoms with van der Waals surface area (Å²) in [5.41, 5.74) is 0. The summed E-state index contributed by atoms with van der Waals surface area (Å²) in [6, 6.07) is 0. The summed E-state index contributed by atoms with van der Waals surface area (Å²) in [5, 5.41) is 0. The smallest absolute Gasteiger partial charge is 0.247 e. The maximum absolute atomic E-state index is 11.3. The summed E-state index contributed by atoms with van der Waals surface area (Å²) in [6.07, 6.45) is -15.6. The Hall–Kier alpha value is -0.530. The number of halogens is 7. The van der Waals surface area contributed by atoms with Crippen molar-refractivity contribution in [2.24, 2.45) is 0 Å². The molecule has 0 fully saturated rings. The molecular formula is C3HF7O. The summed E-state index contributed by atoms with van der Waals surface area (Å²) in [6.45, 7) is 0. The van der Waals surface area contributed by atoms with Crippen LogP contribution in [0.2, 0.25) is 0 Å². The van der Waals surface area contributed by atoms with Crippen molar-refractivity contribution in [3.8, 4) is 0 Å². The zero-order chi connectivity index (χ0) is 9.28. The van der Waals surface area contributed by atoms with E-state index in [4.69, 9.17) is 0 Å². The molecule has 0 unspecified atom stereocenters. The Bertz CT molecular complexity index is 123. The molecule has 1 atom stereocenters. The van der Waals surface area contributed by atoms with Crippen LogP contribution >= 0.6 is 0 Å². The molecule has 8 heteroatoms. The first kappa shape index (κ1) is 10.5. The van der Waals surface area contributed by atoms with Crippen LogP contribution in [0.4, 0.5) is 30.7 Å². The van der Waals surface area contributed by atoms with Gasteiger partial charge in [-0.25, -0.2) is 9.13 Å². The van der Waals surface area contributed by atoms with E-state index in [-0.39, 0.29) is 0 Å². The first-order valence-corrected chi connectivity index (χ1v) is 2.08. The zero-order valence-electron chi connectivity index (χ0n) is 4.63. The first-order valence-electron chi connectivity index (χ1n) is 2.08. The average Bonchev–Trinajstić information content (AvgIpc) is 1.56. The second-order valence-electron chi connectivity index (χ2n) is 1.42. The Morgan fingerprint density at radius 1 is 0.909 bits per heavy atom. The highest BCUT2D eigenvalue weighted by Crippen LogP contribution is 2.29. The Kier molecular flexibility index (Phi) is 2.70. The van der Waals surface area contributed by atoms with Crippen LogP contribution in [-0.2, 0) is 4.74 Å². The van der Waals surface area contributed by atoms with Crippen molar-refractivity contribution in [1.82, 2.24) is 0 Å². The lowest BCUT2D eigenvalue weighted by Gasteiger charge is -2.14. The van der Waals surface area contributed by atoms with Crippen LogP contribution < -0.4 is 0 Å². The van der Waals surface area contributed by atoms with Crippen LogP contribution in [0.15, 0.2) is 0 Å². The van der Waals surface area contributed by atoms with Gasteiger partial charge in [-0.3, -0.25) is 0 Å². The summed E-state index contributed by atoms with van der Waals surface area (Å²) in [7, 11) is 0. The molecule has 0 aromatic heterocycles. The molecule has 11 heavy (non-hydrogen) atoms. The van der Waals surface area contributed by atoms with Gasteiger partial charge in [-0.1, -0.05) is 0 Å². The van der Waals surface area contributed by atoms with Gasteiger partial charge in [0.2, 0.25) is 0 Å². The maximum Gasteiger partial charge on any atom is 0.525 e. The predicted octanol–water partition coefficient (Wildman–Crippen LogP) is 2.38. The Morgan fingerprint density at radius 3 is 1.36 bits per heavy atom. The fourth-order valence-corrected chi connectivity index (χ4v) is 0.184. The third kappa shape index (κ3) is 4.82. The molecule has 0 N–H and O–H groups in total. The van der Waals surface area contributed by atoms with Crippen molar-refractivity contribution in [2.75, 3.05) is 0 Å². The van der Waals surface area contributed by atoms with Gasteiger partial charge in [0.25, 0.3) is 0 Å². The molecule has 0 aliphatic heterocycles. The van der Waals surface area contributed by atoms with E-state index in [0.29, 0.717) is 0 Å². The molecule has 0 rings (SSSR count). The minimum Gasteiger partial charge on any atom is -0.247 e. The second-order valence-corrected chi connectivity index (χ2v) is 1.42. The molecule has 0 spiro atoms. The van der Waals surface area contributed by atoms with E-state index in [9.17, 15) is 30.7 Å². The van der Waals surface area contributed by atoms with Gasteiger partial charge >= 0.3 is 18.9 Å². The van der Waals surface area contributed by atoms with Crippen molar-refractivity contribution in [2.45, 2.75) is 18.9 Å². The standard InChI is InChI=1S/C3HF7O/c4-1(2(5,6)7)11-3(8,9)10/h1H/t1-/m1/s1. The number of hydrogen-bond donors (Lipinski definition) is 0. The molecule has 0 aromatic carbocycles. The lowest BCUT2D eigenvalue weighted by Crippen LogP contribution is -2.32. The quantitative estimate of drug-likeness (QED) is 0.571. The lowest BCUT2D eigenvalue weighted by atomic mass is 10.7. The third-order valence-electron chi connectivity index (χ3n) is 0.494. The summed E-state index contributed by atoms with van der Waals surface area (Å²) in [5.74, 6) is 0. The molecular weight excluding hydrogens is 185 g/mol. The Labute approximate surface area is 55.7 Å². The number of rotatable bonds is 1. The van der Waals surface area contributed by atoms with E-state index >= 15 is 0 Å². The van der Waals surface area contributed by atoms with E-state index < -0.39 is 18.9 Å². The monoisotopic (exact) mass is 186 g/mol. The summed E-state index contributed by atoms with van der Waals surface area (Å²) >= 11 is 0. The second kappa shape index (κ2) is 2.84. The van der Waals surface area contributed by atoms with Gasteiger partial charge in [0, 0.05) is 0 Å². The van der Waals surface area contributed by atoms with Crippen LogP contribution in [0.1, 0.15) is 0 Å². The first-order chi connectivity index (χ1) is 4.63. The van der Waals surface area contributed by atoms with Crippen molar-refractivity contribution in [3.63, 3.8) is 0 Å². The van der Waals surface area contributed by atoms with Gasteiger partial charge in [0.05, 0.1) is 0 Å². The zero-order valence-corrected chi connectivity index (χ0v) is 4.63. The molecule has 0 saturated heterocycles. The molecule has 0 aliphatic carbocycles. The van der Waals surface area contributed by atoms with Crippen molar-refractivity contribution in [3.05, 3.63) is 0 Å². The fraction of sp³-hybridized carbons (Fsp3) is 1.00. The maximum atomic E-state index is 11.3. The van der Waals surface area contributed by atoms with E-state index in [1.807, 2.05) is 4.74 Å². The molecule has 0 amide bonds. The van der Waals surface area contributed by atoms with Crippen LogP contribution in [0.25, 0.3) is 0 Å². The van der Waals surface area contributed by atoms with Crippen LogP contribution in [0.3, 0.4) is 0 Å². The molecule has 0 saturated carbocycles. The van der Waals surface area contributed by atoms with E-state index in [0.717, 1.165) is 0 Å². The van der Waals surface area contributed by atoms with Gasteiger partial charge < -0.3 is 0 Å². The van der Waals surface area contributed by atoms with Gasteiger partial charge in [-0.2, -0.15) is 13.2 Å². The molecule has 0 heterocycles. The average molecular weight is 186 g/mol. The van der Waals surface area contributed by atoms with E-state index in [2.05, 4.69) is 0 Å². The summed E-state index contributed by atoms with van der Waals surface area (Å²) < 4.78 is 78.9. The topological polar surface area (TPSA) is 9.23 Å². The Balaban J connectivity index is 3.99. The van der Waals surface area contributed by atoms with Crippen LogP contribution in [0.5, 0.6) is 0 Å². The highest BCUT2D eigenvalue weighted by molar-refractivity contribution is 4.53. The number of hydrogen-bond acceptors (Lipinski definition) is 1. The molecule has 0 radical (unpaired) electrons. The SMILES string of the molecule is F[C@H](OC(F)(F)F)C(F)(F)F. The van der Waals surface area contributed by atoms with Crippen molar-refractivity contribution < 1.29 is 35.5 Å².